The van der Waals surface area contributed by atoms with Crippen molar-refractivity contribution in [3.05, 3.63) is 29.8 Å². The first kappa shape index (κ1) is 11.6. The minimum Gasteiger partial charge on any atom is -0.340 e. The van der Waals surface area contributed by atoms with Gasteiger partial charge in [-0.25, -0.2) is 0 Å². The Labute approximate surface area is 100 Å². The van der Waals surface area contributed by atoms with E-state index >= 15 is 0 Å². The number of benzene rings is 1. The van der Waals surface area contributed by atoms with Crippen molar-refractivity contribution in [3.8, 4) is 0 Å². The lowest BCUT2D eigenvalue weighted by molar-refractivity contribution is -0.119. The highest BCUT2D eigenvalue weighted by atomic mass is 16.2. The van der Waals surface area contributed by atoms with Crippen LogP contribution in [0.25, 0.3) is 0 Å². The third kappa shape index (κ3) is 2.16. The lowest BCUT2D eigenvalue weighted by Gasteiger charge is -2.20. The Balaban J connectivity index is 2.35. The van der Waals surface area contributed by atoms with Crippen molar-refractivity contribution in [2.75, 3.05) is 5.32 Å². The molecular formula is C13H16N2O2. The second kappa shape index (κ2) is 4.57. The number of anilines is 1. The molecule has 17 heavy (non-hydrogen) atoms. The van der Waals surface area contributed by atoms with Gasteiger partial charge in [0, 0.05) is 0 Å². The number of carbonyl (C=O) groups is 2. The van der Waals surface area contributed by atoms with Crippen molar-refractivity contribution in [1.82, 2.24) is 5.32 Å². The molecule has 1 heterocycles. The maximum atomic E-state index is 12.0. The fraction of sp³-hybridized carbons (Fsp3) is 0.385. The summed E-state index contributed by atoms with van der Waals surface area (Å²) < 4.78 is 0. The van der Waals surface area contributed by atoms with Crippen LogP contribution in [0.2, 0.25) is 0 Å². The molecule has 2 atom stereocenters. The SMILES string of the molecule is CCC(C)C1NC(=O)c2ccccc2NC1=O. The average Bonchev–Trinajstić information content (AvgIpc) is 2.46. The number of carbonyl (C=O) groups excluding carboxylic acids is 2. The number of fused-ring (bicyclic) bond motifs is 1. The van der Waals surface area contributed by atoms with Crippen molar-refractivity contribution in [2.45, 2.75) is 26.3 Å². The van der Waals surface area contributed by atoms with Gasteiger partial charge in [0.2, 0.25) is 5.91 Å². The van der Waals surface area contributed by atoms with Crippen LogP contribution in [0.3, 0.4) is 0 Å². The summed E-state index contributed by atoms with van der Waals surface area (Å²) in [6.07, 6.45) is 0.842. The first-order chi connectivity index (χ1) is 8.13. The van der Waals surface area contributed by atoms with E-state index in [1.807, 2.05) is 13.8 Å². The fourth-order valence-corrected chi connectivity index (χ4v) is 1.92. The normalized spacial score (nSPS) is 20.9. The zero-order valence-corrected chi connectivity index (χ0v) is 9.99. The van der Waals surface area contributed by atoms with Crippen LogP contribution in [-0.4, -0.2) is 17.9 Å². The number of para-hydroxylation sites is 1. The van der Waals surface area contributed by atoms with Crippen LogP contribution in [0.5, 0.6) is 0 Å². The van der Waals surface area contributed by atoms with Crippen LogP contribution in [-0.2, 0) is 4.79 Å². The predicted molar refractivity (Wildman–Crippen MR) is 65.8 cm³/mol. The number of hydrogen-bond donors (Lipinski definition) is 2. The highest BCUT2D eigenvalue weighted by molar-refractivity contribution is 6.09. The number of rotatable bonds is 2. The number of amides is 2. The zero-order valence-electron chi connectivity index (χ0n) is 9.99. The molecule has 1 aliphatic rings. The molecule has 0 fully saturated rings. The second-order valence-corrected chi connectivity index (χ2v) is 4.37. The maximum Gasteiger partial charge on any atom is 0.254 e. The summed E-state index contributed by atoms with van der Waals surface area (Å²) in [5.41, 5.74) is 1.10. The van der Waals surface area contributed by atoms with Gasteiger partial charge >= 0.3 is 0 Å². The van der Waals surface area contributed by atoms with E-state index in [1.54, 1.807) is 24.3 Å². The van der Waals surface area contributed by atoms with E-state index < -0.39 is 6.04 Å². The van der Waals surface area contributed by atoms with Gasteiger partial charge in [-0.1, -0.05) is 32.4 Å². The Morgan fingerprint density at radius 1 is 1.29 bits per heavy atom. The average molecular weight is 232 g/mol. The van der Waals surface area contributed by atoms with E-state index in [0.29, 0.717) is 11.3 Å². The predicted octanol–water partition coefficient (Wildman–Crippen LogP) is 1.78. The third-order valence-corrected chi connectivity index (χ3v) is 3.21. The summed E-state index contributed by atoms with van der Waals surface area (Å²) in [5.74, 6) is -0.213. The molecule has 0 radical (unpaired) electrons. The van der Waals surface area contributed by atoms with Gasteiger partial charge in [-0.05, 0) is 18.1 Å². The molecule has 0 aromatic heterocycles. The van der Waals surface area contributed by atoms with Gasteiger partial charge in [-0.3, -0.25) is 9.59 Å². The van der Waals surface area contributed by atoms with E-state index in [4.69, 9.17) is 0 Å². The van der Waals surface area contributed by atoms with Gasteiger partial charge in [0.1, 0.15) is 6.04 Å². The van der Waals surface area contributed by atoms with E-state index in [2.05, 4.69) is 10.6 Å². The number of hydrogen-bond acceptors (Lipinski definition) is 2. The van der Waals surface area contributed by atoms with Crippen molar-refractivity contribution >= 4 is 17.5 Å². The Kier molecular flexibility index (Phi) is 3.13. The fourth-order valence-electron chi connectivity index (χ4n) is 1.92. The molecule has 0 saturated carbocycles. The molecule has 2 amide bonds. The molecule has 1 aromatic rings. The molecule has 0 spiro atoms. The lowest BCUT2D eigenvalue weighted by atomic mass is 9.98. The van der Waals surface area contributed by atoms with Gasteiger partial charge in [0.05, 0.1) is 11.3 Å². The van der Waals surface area contributed by atoms with Gasteiger partial charge in [-0.2, -0.15) is 0 Å². The van der Waals surface area contributed by atoms with Crippen LogP contribution in [0, 0.1) is 5.92 Å². The Morgan fingerprint density at radius 3 is 2.71 bits per heavy atom. The van der Waals surface area contributed by atoms with Crippen molar-refractivity contribution in [1.29, 1.82) is 0 Å². The molecule has 1 aromatic carbocycles. The zero-order chi connectivity index (χ0) is 12.4. The summed E-state index contributed by atoms with van der Waals surface area (Å²) in [6, 6.07) is 6.58. The van der Waals surface area contributed by atoms with E-state index in [9.17, 15) is 9.59 Å². The molecule has 2 rings (SSSR count). The van der Waals surface area contributed by atoms with Crippen LogP contribution in [0.4, 0.5) is 5.69 Å². The smallest absolute Gasteiger partial charge is 0.254 e. The summed E-state index contributed by atoms with van der Waals surface area (Å²) >= 11 is 0. The molecular weight excluding hydrogens is 216 g/mol. The summed E-state index contributed by atoms with van der Waals surface area (Å²) in [4.78, 5) is 24.0. The van der Waals surface area contributed by atoms with Crippen molar-refractivity contribution in [3.63, 3.8) is 0 Å². The first-order valence-corrected chi connectivity index (χ1v) is 5.84. The Hall–Kier alpha value is -1.84. The summed E-state index contributed by atoms with van der Waals surface area (Å²) in [6.45, 7) is 3.96. The molecule has 0 bridgehead atoms. The largest absolute Gasteiger partial charge is 0.340 e. The standard InChI is InChI=1S/C13H16N2O2/c1-3-8(2)11-13(17)14-10-7-5-4-6-9(10)12(16)15-11/h4-8,11H,3H2,1-2H3,(H,14,17)(H,15,16). The molecule has 0 aliphatic carbocycles. The molecule has 90 valence electrons. The number of nitrogens with one attached hydrogen (secondary N) is 2. The topological polar surface area (TPSA) is 58.2 Å². The van der Waals surface area contributed by atoms with E-state index in [1.165, 1.54) is 0 Å². The van der Waals surface area contributed by atoms with Crippen molar-refractivity contribution < 1.29 is 9.59 Å². The van der Waals surface area contributed by atoms with Crippen LogP contribution in [0.1, 0.15) is 30.6 Å². The monoisotopic (exact) mass is 232 g/mol. The molecule has 0 saturated heterocycles. The van der Waals surface area contributed by atoms with E-state index in [0.717, 1.165) is 6.42 Å². The second-order valence-electron chi connectivity index (χ2n) is 4.37. The molecule has 4 heteroatoms. The highest BCUT2D eigenvalue weighted by Gasteiger charge is 2.30. The van der Waals surface area contributed by atoms with Crippen LogP contribution < -0.4 is 10.6 Å². The molecule has 4 nitrogen and oxygen atoms in total. The van der Waals surface area contributed by atoms with Gasteiger partial charge in [0.15, 0.2) is 0 Å². The molecule has 2 unspecified atom stereocenters. The lowest BCUT2D eigenvalue weighted by Crippen LogP contribution is -2.45. The van der Waals surface area contributed by atoms with E-state index in [-0.39, 0.29) is 17.7 Å². The van der Waals surface area contributed by atoms with Crippen LogP contribution >= 0.6 is 0 Å². The van der Waals surface area contributed by atoms with Gasteiger partial charge < -0.3 is 10.6 Å². The quantitative estimate of drug-likeness (QED) is 0.816. The maximum absolute atomic E-state index is 12.0. The highest BCUT2D eigenvalue weighted by Crippen LogP contribution is 2.20. The Bertz CT molecular complexity index is 456. The first-order valence-electron chi connectivity index (χ1n) is 5.84. The minimum atomic E-state index is -0.458. The van der Waals surface area contributed by atoms with Crippen LogP contribution in [0.15, 0.2) is 24.3 Å². The molecule has 2 N–H and O–H groups in total. The minimum absolute atomic E-state index is 0.119. The Morgan fingerprint density at radius 2 is 2.00 bits per heavy atom. The summed E-state index contributed by atoms with van der Waals surface area (Å²) in [5, 5.41) is 5.58. The third-order valence-electron chi connectivity index (χ3n) is 3.21. The van der Waals surface area contributed by atoms with Gasteiger partial charge in [-0.15, -0.1) is 0 Å². The van der Waals surface area contributed by atoms with Gasteiger partial charge in [0.25, 0.3) is 5.91 Å². The summed E-state index contributed by atoms with van der Waals surface area (Å²) in [7, 11) is 0. The molecule has 1 aliphatic heterocycles. The van der Waals surface area contributed by atoms with Crippen molar-refractivity contribution in [2.24, 2.45) is 5.92 Å².